The Balaban J connectivity index is 0. The van der Waals surface area contributed by atoms with Gasteiger partial charge in [-0.1, -0.05) is 0 Å². The second-order valence-corrected chi connectivity index (χ2v) is 3.83. The second-order valence-electron chi connectivity index (χ2n) is 1.05. The third-order valence-corrected chi connectivity index (χ3v) is 0. The van der Waals surface area contributed by atoms with Crippen molar-refractivity contribution < 1.29 is 31.2 Å². The Labute approximate surface area is 61.2 Å². The maximum atomic E-state index is 8.74. The summed E-state index contributed by atoms with van der Waals surface area (Å²) >= 11 is -2.12. The van der Waals surface area contributed by atoms with Crippen LogP contribution in [-0.4, -0.2) is 17.5 Å². The number of nitrogens with two attached hydrogens (primary N) is 4. The van der Waals surface area contributed by atoms with E-state index in [1.165, 1.54) is 0 Å². The first-order valence-corrected chi connectivity index (χ1v) is 4.97. The predicted octanol–water partition coefficient (Wildman–Crippen LogP) is -3.02. The van der Waals surface area contributed by atoms with E-state index in [9.17, 15) is 0 Å². The summed E-state index contributed by atoms with van der Waals surface area (Å²) in [4.78, 5) is 0. The third kappa shape index (κ3) is 8170. The molecule has 71 valence electrons. The van der Waals surface area contributed by atoms with E-state index in [1.54, 1.807) is 0 Å². The summed E-state index contributed by atoms with van der Waals surface area (Å²) in [7, 11) is -4.67. The zero-order valence-corrected chi connectivity index (χ0v) is 6.49. The molecule has 0 rings (SSSR count). The average Bonchev–Trinajstić information content (AvgIpc) is 1.12. The van der Waals surface area contributed by atoms with Crippen LogP contribution in [0.2, 0.25) is 0 Å². The van der Waals surface area contributed by atoms with Crippen LogP contribution in [0.4, 0.5) is 0 Å². The monoisotopic (exact) mass is 225 g/mol. The van der Waals surface area contributed by atoms with Gasteiger partial charge in [-0.2, -0.15) is 8.42 Å². The molecule has 0 amide bonds. The van der Waals surface area contributed by atoms with Crippen molar-refractivity contribution in [3.05, 3.63) is 0 Å². The molecule has 0 unspecified atom stereocenters. The molecular weight excluding hydrogens is 216 g/mol. The fourth-order valence-corrected chi connectivity index (χ4v) is 0. The quantitative estimate of drug-likeness (QED) is 0.186. The maximum absolute atomic E-state index is 8.74. The molecule has 0 aliphatic heterocycles. The Hall–Kier alpha value is 0.229. The van der Waals surface area contributed by atoms with Crippen LogP contribution >= 0.6 is 0 Å². The van der Waals surface area contributed by atoms with Gasteiger partial charge in [-0.15, -0.1) is 0 Å². The number of hydrogen-bond acceptors (Lipinski definition) is 6. The van der Waals surface area contributed by atoms with Crippen LogP contribution in [0, 0.1) is 0 Å². The fourth-order valence-electron chi connectivity index (χ4n) is 0. The molecule has 0 aromatic heterocycles. The molecule has 8 nitrogen and oxygen atoms in total. The molecule has 0 aliphatic rings. The minimum atomic E-state index is -4.67. The molecule has 0 saturated carbocycles. The minimum absolute atomic E-state index is 2.12. The first kappa shape index (κ1) is 12.9. The number of rotatable bonds is 0. The molecule has 10 heteroatoms. The Morgan fingerprint density at radius 1 is 1.00 bits per heavy atom. The summed E-state index contributed by atoms with van der Waals surface area (Å²) in [6.07, 6.45) is 0. The first-order valence-electron chi connectivity index (χ1n) is 1.39. The Bertz CT molecular complexity index is 152. The van der Waals surface area contributed by atoms with Crippen molar-refractivity contribution in [3.63, 3.8) is 0 Å². The van der Waals surface area contributed by atoms with Gasteiger partial charge in [-0.3, -0.25) is 9.11 Å². The standard InChI is InChI=1S/Cu.4H2N.H2O4S/c;;;;;1-5(2,3)4/h;4*1H2;(H2,1,2,3,4)/q+4;4*-1;. The van der Waals surface area contributed by atoms with Crippen LogP contribution in [-0.2, 0) is 24.1 Å². The van der Waals surface area contributed by atoms with Crippen molar-refractivity contribution in [1.29, 1.82) is 0 Å². The molecule has 0 bridgehead atoms. The molecule has 0 spiro atoms. The zero-order chi connectivity index (χ0) is 9.00. The summed E-state index contributed by atoms with van der Waals surface area (Å²) < 4.78 is 50.6. The van der Waals surface area contributed by atoms with Gasteiger partial charge in [-0.05, 0) is 0 Å². The predicted molar refractivity (Wildman–Crippen MR) is 30.9 cm³/mol. The van der Waals surface area contributed by atoms with E-state index in [1.807, 2.05) is 0 Å². The van der Waals surface area contributed by atoms with Crippen molar-refractivity contribution in [2.75, 3.05) is 0 Å². The van der Waals surface area contributed by atoms with Gasteiger partial charge < -0.3 is 0 Å². The van der Waals surface area contributed by atoms with Crippen molar-refractivity contribution in [1.82, 2.24) is 0 Å². The molecule has 0 aliphatic carbocycles. The van der Waals surface area contributed by atoms with Gasteiger partial charge in [0.25, 0.3) is 0 Å². The molecule has 0 radical (unpaired) electrons. The topological polar surface area (TPSA) is 179 Å². The summed E-state index contributed by atoms with van der Waals surface area (Å²) in [6.45, 7) is 0. The van der Waals surface area contributed by atoms with Crippen LogP contribution in [0.3, 0.4) is 0 Å². The van der Waals surface area contributed by atoms with Crippen LogP contribution in [0.15, 0.2) is 0 Å². The summed E-state index contributed by atoms with van der Waals surface area (Å²) in [6, 6.07) is 0. The van der Waals surface area contributed by atoms with Gasteiger partial charge in [-0.25, -0.2) is 0 Å². The summed E-state index contributed by atoms with van der Waals surface area (Å²) in [5.74, 6) is 0. The Morgan fingerprint density at radius 3 is 1.00 bits per heavy atom. The molecule has 10 heavy (non-hydrogen) atoms. The third-order valence-electron chi connectivity index (χ3n) is 0. The van der Waals surface area contributed by atoms with Gasteiger partial charge in [0.05, 0.1) is 0 Å². The average molecular weight is 226 g/mol. The zero-order valence-electron chi connectivity index (χ0n) is 4.73. The van der Waals surface area contributed by atoms with Crippen molar-refractivity contribution in [3.8, 4) is 0 Å². The van der Waals surface area contributed by atoms with Gasteiger partial charge in [0.15, 0.2) is 0 Å². The van der Waals surface area contributed by atoms with E-state index < -0.39 is 24.1 Å². The van der Waals surface area contributed by atoms with E-state index in [-0.39, 0.29) is 0 Å². The molecule has 0 fully saturated rings. The van der Waals surface area contributed by atoms with Gasteiger partial charge >= 0.3 is 43.1 Å². The van der Waals surface area contributed by atoms with Gasteiger partial charge in [0, 0.05) is 0 Å². The molecule has 0 heterocycles. The molecule has 10 N–H and O–H groups in total. The van der Waals surface area contributed by atoms with Crippen molar-refractivity contribution >= 4 is 10.4 Å². The molecule has 0 saturated heterocycles. The summed E-state index contributed by atoms with van der Waals surface area (Å²) in [5, 5.41) is 0. The van der Waals surface area contributed by atoms with Crippen LogP contribution in [0.25, 0.3) is 0 Å². The first-order chi connectivity index (χ1) is 4.00. The van der Waals surface area contributed by atoms with E-state index in [0.29, 0.717) is 0 Å². The van der Waals surface area contributed by atoms with E-state index in [4.69, 9.17) is 36.5 Å². The van der Waals surface area contributed by atoms with Crippen molar-refractivity contribution in [2.24, 2.45) is 19.0 Å². The summed E-state index contributed by atoms with van der Waals surface area (Å²) in [5.41, 5.74) is 0. The van der Waals surface area contributed by atoms with Crippen LogP contribution in [0.1, 0.15) is 0 Å². The Morgan fingerprint density at radius 2 is 1.00 bits per heavy atom. The second kappa shape index (κ2) is 4.18. The fraction of sp³-hybridized carbons (Fsp3) is 0. The van der Waals surface area contributed by atoms with Gasteiger partial charge in [0.1, 0.15) is 0 Å². The molecule has 0 aromatic carbocycles. The SMILES string of the molecule is O=S(=O)(O)O.[NH2][Cu]([NH2])([NH2])[NH2]. The normalized spacial score (nSPS) is 13.4. The molecule has 0 atom stereocenters. The van der Waals surface area contributed by atoms with E-state index in [2.05, 4.69) is 0 Å². The van der Waals surface area contributed by atoms with Crippen LogP contribution < -0.4 is 19.0 Å². The van der Waals surface area contributed by atoms with Crippen molar-refractivity contribution in [2.45, 2.75) is 0 Å². The molecule has 0 aromatic rings. The van der Waals surface area contributed by atoms with E-state index >= 15 is 0 Å². The number of hydrogen-bond donors (Lipinski definition) is 6. The molecular formula is H10CuN4O4S. The Kier molecular flexibility index (Phi) is 5.38. The van der Waals surface area contributed by atoms with E-state index in [0.717, 1.165) is 0 Å². The van der Waals surface area contributed by atoms with Gasteiger partial charge in [0.2, 0.25) is 0 Å². The van der Waals surface area contributed by atoms with Crippen LogP contribution in [0.5, 0.6) is 0 Å².